The van der Waals surface area contributed by atoms with E-state index in [0.29, 0.717) is 5.78 Å². The highest BCUT2D eigenvalue weighted by atomic mass is 16.1. The van der Waals surface area contributed by atoms with Gasteiger partial charge in [-0.3, -0.25) is 9.69 Å². The topological polar surface area (TPSA) is 20.3 Å². The van der Waals surface area contributed by atoms with Crippen molar-refractivity contribution in [3.63, 3.8) is 0 Å². The smallest absolute Gasteiger partial charge is 0.152 e. The second-order valence-corrected chi connectivity index (χ2v) is 4.33. The van der Waals surface area contributed by atoms with Crippen LogP contribution < -0.4 is 0 Å². The molecule has 1 saturated heterocycles. The largest absolute Gasteiger partial charge is 0.298 e. The van der Waals surface area contributed by atoms with Crippen LogP contribution in [-0.2, 0) is 4.79 Å². The lowest BCUT2D eigenvalue weighted by molar-refractivity contribution is -0.127. The van der Waals surface area contributed by atoms with Gasteiger partial charge < -0.3 is 0 Å². The maximum absolute atomic E-state index is 11.7. The summed E-state index contributed by atoms with van der Waals surface area (Å²) in [5.41, 5.74) is 0. The molecule has 1 unspecified atom stereocenters. The lowest BCUT2D eigenvalue weighted by atomic mass is 10.00. The number of hydrogen-bond acceptors (Lipinski definition) is 2. The minimum atomic E-state index is 0.139. The maximum Gasteiger partial charge on any atom is 0.152 e. The fourth-order valence-corrected chi connectivity index (χ4v) is 1.97. The lowest BCUT2D eigenvalue weighted by Gasteiger charge is -2.32. The van der Waals surface area contributed by atoms with Crippen LogP contribution in [0.4, 0.5) is 0 Å². The van der Waals surface area contributed by atoms with Crippen molar-refractivity contribution in [3.8, 4) is 0 Å². The molecule has 1 atom stereocenters. The minimum Gasteiger partial charge on any atom is -0.298 e. The molecule has 1 aliphatic heterocycles. The Morgan fingerprint density at radius 3 is 2.08 bits per heavy atom. The van der Waals surface area contributed by atoms with Crippen molar-refractivity contribution in [1.29, 1.82) is 0 Å². The Labute approximate surface area is 81.3 Å². The molecule has 2 heteroatoms. The molecule has 0 radical (unpaired) electrons. The average molecular weight is 183 g/mol. The third-order valence-corrected chi connectivity index (χ3v) is 2.92. The number of nitrogens with zero attached hydrogens (tertiary/aromatic N) is 1. The van der Waals surface area contributed by atoms with E-state index in [1.807, 2.05) is 20.8 Å². The van der Waals surface area contributed by atoms with Crippen molar-refractivity contribution in [2.75, 3.05) is 13.1 Å². The van der Waals surface area contributed by atoms with Gasteiger partial charge in [-0.05, 0) is 32.9 Å². The molecule has 0 aliphatic carbocycles. The number of Topliss-reactive ketones (excluding diaryl/α,β-unsaturated/α-hetero) is 1. The van der Waals surface area contributed by atoms with E-state index in [-0.39, 0.29) is 12.0 Å². The highest BCUT2D eigenvalue weighted by Crippen LogP contribution is 2.14. The van der Waals surface area contributed by atoms with Gasteiger partial charge in [0.25, 0.3) is 0 Å². The molecule has 0 aromatic rings. The zero-order valence-corrected chi connectivity index (χ0v) is 9.05. The number of piperidine rings is 1. The summed E-state index contributed by atoms with van der Waals surface area (Å²) in [6.07, 6.45) is 3.85. The fourth-order valence-electron chi connectivity index (χ4n) is 1.97. The van der Waals surface area contributed by atoms with Crippen LogP contribution in [-0.4, -0.2) is 29.8 Å². The van der Waals surface area contributed by atoms with E-state index in [9.17, 15) is 4.79 Å². The van der Waals surface area contributed by atoms with Crippen LogP contribution in [0.25, 0.3) is 0 Å². The number of ketones is 1. The first kappa shape index (κ1) is 10.7. The molecule has 0 aromatic heterocycles. The summed E-state index contributed by atoms with van der Waals surface area (Å²) in [4.78, 5) is 14.0. The first-order valence-corrected chi connectivity index (χ1v) is 5.40. The van der Waals surface area contributed by atoms with E-state index in [1.54, 1.807) is 0 Å². The summed E-state index contributed by atoms with van der Waals surface area (Å²) >= 11 is 0. The summed E-state index contributed by atoms with van der Waals surface area (Å²) in [7, 11) is 0. The Balaban J connectivity index is 2.45. The maximum atomic E-state index is 11.7. The highest BCUT2D eigenvalue weighted by molar-refractivity contribution is 5.85. The Kier molecular flexibility index (Phi) is 3.91. The van der Waals surface area contributed by atoms with Gasteiger partial charge in [0, 0.05) is 5.92 Å². The third kappa shape index (κ3) is 2.80. The van der Waals surface area contributed by atoms with Crippen LogP contribution in [0.5, 0.6) is 0 Å². The Morgan fingerprint density at radius 2 is 1.62 bits per heavy atom. The Hall–Kier alpha value is -0.370. The van der Waals surface area contributed by atoms with E-state index in [2.05, 4.69) is 4.90 Å². The highest BCUT2D eigenvalue weighted by Gasteiger charge is 2.24. The Bertz CT molecular complexity index is 171. The summed E-state index contributed by atoms with van der Waals surface area (Å²) in [5.74, 6) is 0.568. The van der Waals surface area contributed by atoms with E-state index >= 15 is 0 Å². The second-order valence-electron chi connectivity index (χ2n) is 4.33. The quantitative estimate of drug-likeness (QED) is 0.667. The van der Waals surface area contributed by atoms with Gasteiger partial charge in [-0.1, -0.05) is 20.3 Å². The normalized spacial score (nSPS) is 21.8. The van der Waals surface area contributed by atoms with Crippen molar-refractivity contribution in [1.82, 2.24) is 4.90 Å². The first-order valence-electron chi connectivity index (χ1n) is 5.40. The molecule has 0 spiro atoms. The standard InChI is InChI=1S/C11H21NO/c1-9(2)11(13)10(3)12-7-5-4-6-8-12/h9-10H,4-8H2,1-3H3. The molecule has 0 amide bonds. The zero-order valence-electron chi connectivity index (χ0n) is 9.05. The van der Waals surface area contributed by atoms with Crippen LogP contribution in [0.3, 0.4) is 0 Å². The summed E-state index contributed by atoms with van der Waals surface area (Å²) in [5, 5.41) is 0. The van der Waals surface area contributed by atoms with Gasteiger partial charge in [0.2, 0.25) is 0 Å². The van der Waals surface area contributed by atoms with Gasteiger partial charge in [0.15, 0.2) is 5.78 Å². The molecule has 0 N–H and O–H groups in total. The molecule has 76 valence electrons. The molecule has 1 fully saturated rings. The second kappa shape index (κ2) is 4.75. The number of carbonyl (C=O) groups is 1. The summed E-state index contributed by atoms with van der Waals surface area (Å²) < 4.78 is 0. The molecule has 0 saturated carbocycles. The van der Waals surface area contributed by atoms with E-state index < -0.39 is 0 Å². The monoisotopic (exact) mass is 183 g/mol. The molecule has 0 aromatic carbocycles. The Morgan fingerprint density at radius 1 is 1.08 bits per heavy atom. The summed E-state index contributed by atoms with van der Waals surface area (Å²) in [6.45, 7) is 8.25. The van der Waals surface area contributed by atoms with Gasteiger partial charge in [-0.2, -0.15) is 0 Å². The van der Waals surface area contributed by atoms with Crippen molar-refractivity contribution in [2.45, 2.75) is 46.1 Å². The van der Waals surface area contributed by atoms with Gasteiger partial charge in [-0.15, -0.1) is 0 Å². The molecule has 2 nitrogen and oxygen atoms in total. The predicted molar refractivity (Wildman–Crippen MR) is 54.7 cm³/mol. The van der Waals surface area contributed by atoms with E-state index in [0.717, 1.165) is 13.1 Å². The fraction of sp³-hybridized carbons (Fsp3) is 0.909. The van der Waals surface area contributed by atoms with Crippen molar-refractivity contribution in [3.05, 3.63) is 0 Å². The molecule has 13 heavy (non-hydrogen) atoms. The van der Waals surface area contributed by atoms with Crippen LogP contribution in [0, 0.1) is 5.92 Å². The average Bonchev–Trinajstić information content (AvgIpc) is 2.17. The van der Waals surface area contributed by atoms with Crippen LogP contribution in [0.2, 0.25) is 0 Å². The number of carbonyl (C=O) groups excluding carboxylic acids is 1. The van der Waals surface area contributed by atoms with Crippen molar-refractivity contribution < 1.29 is 4.79 Å². The predicted octanol–water partition coefficient (Wildman–Crippen LogP) is 2.09. The van der Waals surface area contributed by atoms with Crippen molar-refractivity contribution >= 4 is 5.78 Å². The van der Waals surface area contributed by atoms with E-state index in [4.69, 9.17) is 0 Å². The summed E-state index contributed by atoms with van der Waals surface area (Å²) in [6, 6.07) is 0.139. The number of hydrogen-bond donors (Lipinski definition) is 0. The minimum absolute atomic E-state index is 0.139. The number of rotatable bonds is 3. The third-order valence-electron chi connectivity index (χ3n) is 2.92. The van der Waals surface area contributed by atoms with Gasteiger partial charge >= 0.3 is 0 Å². The molecular weight excluding hydrogens is 162 g/mol. The first-order chi connectivity index (χ1) is 6.13. The van der Waals surface area contributed by atoms with Crippen LogP contribution >= 0.6 is 0 Å². The molecule has 1 aliphatic rings. The van der Waals surface area contributed by atoms with Crippen molar-refractivity contribution in [2.24, 2.45) is 5.92 Å². The molecule has 0 bridgehead atoms. The van der Waals surface area contributed by atoms with Crippen LogP contribution in [0.1, 0.15) is 40.0 Å². The van der Waals surface area contributed by atoms with Gasteiger partial charge in [-0.25, -0.2) is 0 Å². The zero-order chi connectivity index (χ0) is 9.84. The molecule has 1 rings (SSSR count). The lowest BCUT2D eigenvalue weighted by Crippen LogP contribution is -2.43. The SMILES string of the molecule is CC(C)C(=O)C(C)N1CCCCC1. The van der Waals surface area contributed by atoms with Gasteiger partial charge in [0.05, 0.1) is 6.04 Å². The molecule has 1 heterocycles. The molecular formula is C11H21NO. The number of likely N-dealkylation sites (tertiary alicyclic amines) is 1. The van der Waals surface area contributed by atoms with E-state index in [1.165, 1.54) is 19.3 Å². The van der Waals surface area contributed by atoms with Gasteiger partial charge in [0.1, 0.15) is 0 Å². The van der Waals surface area contributed by atoms with Crippen LogP contribution in [0.15, 0.2) is 0 Å².